The molecule has 0 aliphatic carbocycles. The first-order chi connectivity index (χ1) is 13.2. The van der Waals surface area contributed by atoms with E-state index in [1.54, 1.807) is 17.4 Å². The summed E-state index contributed by atoms with van der Waals surface area (Å²) in [6, 6.07) is 11.9. The molecule has 1 amide bonds. The molecule has 1 aromatic carbocycles. The average molecular weight is 379 g/mol. The van der Waals surface area contributed by atoms with Crippen LogP contribution >= 0.6 is 11.3 Å². The Kier molecular flexibility index (Phi) is 5.16. The van der Waals surface area contributed by atoms with E-state index in [4.69, 9.17) is 0 Å². The molecule has 0 bridgehead atoms. The maximum atomic E-state index is 12.2. The Hall–Kier alpha value is -2.73. The number of carbonyl (C=O) groups excluding carboxylic acids is 1. The highest BCUT2D eigenvalue weighted by Gasteiger charge is 2.16. The Bertz CT molecular complexity index is 986. The zero-order valence-corrected chi connectivity index (χ0v) is 16.1. The van der Waals surface area contributed by atoms with Crippen molar-refractivity contribution in [2.24, 2.45) is 0 Å². The average Bonchev–Trinajstić information content (AvgIpc) is 3.19. The molecule has 1 aliphatic heterocycles. The number of nitrogens with zero attached hydrogens (tertiary/aromatic N) is 3. The lowest BCUT2D eigenvalue weighted by molar-refractivity contribution is -0.111. The van der Waals surface area contributed by atoms with Crippen molar-refractivity contribution < 1.29 is 4.79 Å². The monoisotopic (exact) mass is 378 g/mol. The number of aryl methyl sites for hydroxylation is 2. The first-order valence-corrected chi connectivity index (χ1v) is 10.1. The van der Waals surface area contributed by atoms with Gasteiger partial charge in [0.1, 0.15) is 5.82 Å². The molecule has 0 unspecified atom stereocenters. The third kappa shape index (κ3) is 4.17. The molecule has 1 aliphatic rings. The Morgan fingerprint density at radius 3 is 2.96 bits per heavy atom. The standard InChI is InChI=1S/C21H22N4OS/c1-15-9-10-18(27-15)11-12-20(26)22-17-7-5-6-16(14-17)21-24-23-19-8-3-2-4-13-25(19)21/h5-7,9-12,14H,2-4,8,13H2,1H3,(H,22,26)/b12-11+. The normalized spacial score (nSPS) is 14.1. The van der Waals surface area contributed by atoms with Crippen molar-refractivity contribution in [3.05, 3.63) is 58.1 Å². The summed E-state index contributed by atoms with van der Waals surface area (Å²) in [6.07, 6.45) is 7.95. The molecule has 3 heterocycles. The van der Waals surface area contributed by atoms with Gasteiger partial charge in [-0.25, -0.2) is 0 Å². The van der Waals surface area contributed by atoms with Crippen LogP contribution in [0, 0.1) is 6.92 Å². The highest BCUT2D eigenvalue weighted by atomic mass is 32.1. The van der Waals surface area contributed by atoms with Crippen molar-refractivity contribution in [3.8, 4) is 11.4 Å². The van der Waals surface area contributed by atoms with E-state index in [2.05, 4.69) is 27.0 Å². The van der Waals surface area contributed by atoms with Gasteiger partial charge >= 0.3 is 0 Å². The number of anilines is 1. The van der Waals surface area contributed by atoms with Crippen molar-refractivity contribution in [3.63, 3.8) is 0 Å². The van der Waals surface area contributed by atoms with Crippen molar-refractivity contribution in [1.82, 2.24) is 14.8 Å². The minimum absolute atomic E-state index is 0.140. The summed E-state index contributed by atoms with van der Waals surface area (Å²) in [5.41, 5.74) is 1.74. The number of amides is 1. The van der Waals surface area contributed by atoms with E-state index in [1.807, 2.05) is 42.5 Å². The van der Waals surface area contributed by atoms with Crippen LogP contribution in [-0.2, 0) is 17.8 Å². The number of rotatable bonds is 4. The summed E-state index contributed by atoms with van der Waals surface area (Å²) in [6.45, 7) is 3.01. The quantitative estimate of drug-likeness (QED) is 0.670. The topological polar surface area (TPSA) is 59.8 Å². The third-order valence-corrected chi connectivity index (χ3v) is 5.62. The van der Waals surface area contributed by atoms with Gasteiger partial charge < -0.3 is 9.88 Å². The van der Waals surface area contributed by atoms with E-state index in [1.165, 1.54) is 17.7 Å². The summed E-state index contributed by atoms with van der Waals surface area (Å²) in [5.74, 6) is 1.80. The first kappa shape index (κ1) is 17.7. The molecule has 0 radical (unpaired) electrons. The first-order valence-electron chi connectivity index (χ1n) is 9.27. The number of aromatic nitrogens is 3. The zero-order chi connectivity index (χ0) is 18.6. The lowest BCUT2D eigenvalue weighted by atomic mass is 10.2. The van der Waals surface area contributed by atoms with Crippen molar-refractivity contribution in [2.75, 3.05) is 5.32 Å². The molecular weight excluding hydrogens is 356 g/mol. The number of thiophene rings is 1. The van der Waals surface area contributed by atoms with Gasteiger partial charge in [0, 0.05) is 40.0 Å². The molecule has 0 atom stereocenters. The minimum atomic E-state index is -0.140. The van der Waals surface area contributed by atoms with Crippen LogP contribution in [0.2, 0.25) is 0 Å². The summed E-state index contributed by atoms with van der Waals surface area (Å²) < 4.78 is 2.22. The summed E-state index contributed by atoms with van der Waals surface area (Å²) in [4.78, 5) is 14.5. The summed E-state index contributed by atoms with van der Waals surface area (Å²) in [7, 11) is 0. The van der Waals surface area contributed by atoms with Crippen LogP contribution in [0.15, 0.2) is 42.5 Å². The van der Waals surface area contributed by atoms with Crippen LogP contribution in [0.1, 0.15) is 34.8 Å². The van der Waals surface area contributed by atoms with E-state index in [-0.39, 0.29) is 5.91 Å². The number of hydrogen-bond donors (Lipinski definition) is 1. The van der Waals surface area contributed by atoms with Crippen molar-refractivity contribution in [2.45, 2.75) is 39.2 Å². The predicted octanol–water partition coefficient (Wildman–Crippen LogP) is 4.69. The maximum Gasteiger partial charge on any atom is 0.248 e. The van der Waals surface area contributed by atoms with Crippen LogP contribution in [0.25, 0.3) is 17.5 Å². The highest BCUT2D eigenvalue weighted by molar-refractivity contribution is 7.12. The van der Waals surface area contributed by atoms with Crippen LogP contribution < -0.4 is 5.32 Å². The second-order valence-electron chi connectivity index (χ2n) is 6.75. The molecule has 0 fully saturated rings. The Labute approximate surface area is 162 Å². The molecule has 6 heteroatoms. The van der Waals surface area contributed by atoms with Gasteiger partial charge in [0.15, 0.2) is 5.82 Å². The highest BCUT2D eigenvalue weighted by Crippen LogP contribution is 2.25. The van der Waals surface area contributed by atoms with Gasteiger partial charge in [0.25, 0.3) is 0 Å². The fourth-order valence-corrected chi connectivity index (χ4v) is 4.10. The van der Waals surface area contributed by atoms with Crippen molar-refractivity contribution in [1.29, 1.82) is 0 Å². The van der Waals surface area contributed by atoms with Crippen molar-refractivity contribution >= 4 is 29.0 Å². The van der Waals surface area contributed by atoms with E-state index in [9.17, 15) is 4.79 Å². The van der Waals surface area contributed by atoms with E-state index < -0.39 is 0 Å². The molecule has 138 valence electrons. The number of fused-ring (bicyclic) bond motifs is 1. The fraction of sp³-hybridized carbons (Fsp3) is 0.286. The SMILES string of the molecule is Cc1ccc(/C=C/C(=O)Nc2cccc(-c3nnc4n3CCCCC4)c2)s1. The molecule has 27 heavy (non-hydrogen) atoms. The Morgan fingerprint density at radius 2 is 2.11 bits per heavy atom. The van der Waals surface area contributed by atoms with Gasteiger partial charge in [0.2, 0.25) is 5.91 Å². The molecular formula is C21H22N4OS. The third-order valence-electron chi connectivity index (χ3n) is 4.66. The number of carbonyl (C=O) groups is 1. The molecule has 5 nitrogen and oxygen atoms in total. The molecule has 4 rings (SSSR count). The molecule has 3 aromatic rings. The summed E-state index contributed by atoms with van der Waals surface area (Å²) in [5, 5.41) is 11.7. The fourth-order valence-electron chi connectivity index (χ4n) is 3.32. The molecule has 0 spiro atoms. The van der Waals surface area contributed by atoms with Crippen LogP contribution in [-0.4, -0.2) is 20.7 Å². The van der Waals surface area contributed by atoms with Crippen LogP contribution in [0.3, 0.4) is 0 Å². The number of hydrogen-bond acceptors (Lipinski definition) is 4. The molecule has 1 N–H and O–H groups in total. The van der Waals surface area contributed by atoms with Gasteiger partial charge in [0.05, 0.1) is 0 Å². The second-order valence-corrected chi connectivity index (χ2v) is 8.07. The lowest BCUT2D eigenvalue weighted by Crippen LogP contribution is -2.08. The van der Waals surface area contributed by atoms with Gasteiger partial charge in [-0.15, -0.1) is 21.5 Å². The van der Waals surface area contributed by atoms with E-state index in [0.717, 1.165) is 47.2 Å². The number of benzene rings is 1. The van der Waals surface area contributed by atoms with Gasteiger partial charge in [-0.3, -0.25) is 4.79 Å². The largest absolute Gasteiger partial charge is 0.322 e. The van der Waals surface area contributed by atoms with Gasteiger partial charge in [-0.1, -0.05) is 18.6 Å². The summed E-state index contributed by atoms with van der Waals surface area (Å²) >= 11 is 1.67. The molecule has 0 saturated carbocycles. The van der Waals surface area contributed by atoms with Gasteiger partial charge in [-0.2, -0.15) is 0 Å². The minimum Gasteiger partial charge on any atom is -0.322 e. The maximum absolute atomic E-state index is 12.2. The van der Waals surface area contributed by atoms with E-state index in [0.29, 0.717) is 0 Å². The Morgan fingerprint density at radius 1 is 1.19 bits per heavy atom. The smallest absolute Gasteiger partial charge is 0.248 e. The van der Waals surface area contributed by atoms with Crippen LogP contribution in [0.5, 0.6) is 0 Å². The second kappa shape index (κ2) is 7.88. The van der Waals surface area contributed by atoms with Gasteiger partial charge in [-0.05, 0) is 50.1 Å². The van der Waals surface area contributed by atoms with Crippen LogP contribution in [0.4, 0.5) is 5.69 Å². The molecule has 2 aromatic heterocycles. The lowest BCUT2D eigenvalue weighted by Gasteiger charge is -2.08. The number of nitrogens with one attached hydrogen (secondary N) is 1. The van der Waals surface area contributed by atoms with E-state index >= 15 is 0 Å². The Balaban J connectivity index is 1.50. The predicted molar refractivity (Wildman–Crippen MR) is 110 cm³/mol. The zero-order valence-electron chi connectivity index (χ0n) is 15.3. The molecule has 0 saturated heterocycles.